The molecule has 0 atom stereocenters. The van der Waals surface area contributed by atoms with Crippen LogP contribution in [0, 0.1) is 19.8 Å². The molecule has 0 bridgehead atoms. The topological polar surface area (TPSA) is 22.9 Å². The molecule has 0 N–H and O–H groups in total. The largest absolute Gasteiger partial charge is 0.459 e. The fraction of sp³-hybridized carbons (Fsp3) is 0.636. The molecule has 0 radical (unpaired) electrons. The Morgan fingerprint density at radius 3 is 2.42 bits per heavy atom. The van der Waals surface area contributed by atoms with Gasteiger partial charge in [0.2, 0.25) is 0 Å². The van der Waals surface area contributed by atoms with Crippen molar-refractivity contribution < 1.29 is 4.42 Å². The number of nitrogens with zero attached hydrogens (tertiary/aromatic N) is 3. The molecule has 0 saturated carbocycles. The molecule has 2 saturated heterocycles. The second-order valence-corrected chi connectivity index (χ2v) is 8.47. The molecule has 0 spiro atoms. The Morgan fingerprint density at radius 2 is 1.69 bits per heavy atom. The van der Waals surface area contributed by atoms with Crippen LogP contribution in [-0.4, -0.2) is 67.6 Å². The zero-order valence-electron chi connectivity index (χ0n) is 16.6. The average Bonchev–Trinajstić information content (AvgIpc) is 2.94. The lowest BCUT2D eigenvalue weighted by Crippen LogP contribution is -2.47. The highest BCUT2D eigenvalue weighted by atomic mass is 16.3. The van der Waals surface area contributed by atoms with E-state index in [1.54, 1.807) is 0 Å². The molecule has 4 rings (SSSR count). The van der Waals surface area contributed by atoms with Crippen LogP contribution in [0.25, 0.3) is 11.0 Å². The summed E-state index contributed by atoms with van der Waals surface area (Å²) in [6.45, 7) is 14.0. The van der Waals surface area contributed by atoms with Crippen molar-refractivity contribution in [1.82, 2.24) is 14.7 Å². The van der Waals surface area contributed by atoms with Gasteiger partial charge >= 0.3 is 0 Å². The maximum absolute atomic E-state index is 6.16. The molecule has 0 aliphatic carbocycles. The Morgan fingerprint density at radius 1 is 0.962 bits per heavy atom. The van der Waals surface area contributed by atoms with E-state index in [2.05, 4.69) is 53.8 Å². The fourth-order valence-corrected chi connectivity index (χ4v) is 4.46. The molecule has 3 heterocycles. The number of piperazine rings is 1. The van der Waals surface area contributed by atoms with Gasteiger partial charge in [0.1, 0.15) is 11.3 Å². The van der Waals surface area contributed by atoms with Gasteiger partial charge in [-0.2, -0.15) is 0 Å². The van der Waals surface area contributed by atoms with Crippen LogP contribution in [0.15, 0.2) is 22.6 Å². The van der Waals surface area contributed by atoms with E-state index in [-0.39, 0.29) is 0 Å². The Balaban J connectivity index is 1.31. The van der Waals surface area contributed by atoms with Gasteiger partial charge < -0.3 is 14.2 Å². The van der Waals surface area contributed by atoms with E-state index >= 15 is 0 Å². The number of furan rings is 1. The Kier molecular flexibility index (Phi) is 5.35. The van der Waals surface area contributed by atoms with E-state index in [9.17, 15) is 0 Å². The van der Waals surface area contributed by atoms with Gasteiger partial charge in [-0.3, -0.25) is 4.90 Å². The number of benzene rings is 1. The van der Waals surface area contributed by atoms with Crippen molar-refractivity contribution in [2.75, 3.05) is 52.9 Å². The number of piperidine rings is 1. The molecule has 0 unspecified atom stereocenters. The number of aryl methyl sites for hydroxylation is 2. The summed E-state index contributed by atoms with van der Waals surface area (Å²) in [4.78, 5) is 7.69. The van der Waals surface area contributed by atoms with E-state index in [4.69, 9.17) is 4.42 Å². The monoisotopic (exact) mass is 355 g/mol. The molecule has 4 heteroatoms. The number of rotatable bonds is 4. The van der Waals surface area contributed by atoms with Crippen LogP contribution in [0.3, 0.4) is 0 Å². The molecule has 142 valence electrons. The van der Waals surface area contributed by atoms with Crippen LogP contribution in [0.2, 0.25) is 0 Å². The predicted molar refractivity (Wildman–Crippen MR) is 108 cm³/mol. The second kappa shape index (κ2) is 7.71. The first kappa shape index (κ1) is 18.0. The number of hydrogen-bond donors (Lipinski definition) is 0. The van der Waals surface area contributed by atoms with Gasteiger partial charge in [-0.1, -0.05) is 11.6 Å². The maximum atomic E-state index is 6.16. The predicted octanol–water partition coefficient (Wildman–Crippen LogP) is 3.51. The van der Waals surface area contributed by atoms with Gasteiger partial charge in [0.15, 0.2) is 0 Å². The van der Waals surface area contributed by atoms with Gasteiger partial charge in [-0.15, -0.1) is 0 Å². The molecular weight excluding hydrogens is 322 g/mol. The van der Waals surface area contributed by atoms with Crippen LogP contribution in [0.1, 0.15) is 29.7 Å². The van der Waals surface area contributed by atoms with Crippen LogP contribution < -0.4 is 0 Å². The number of likely N-dealkylation sites (tertiary alicyclic amines) is 1. The van der Waals surface area contributed by atoms with Crippen molar-refractivity contribution in [3.8, 4) is 0 Å². The maximum Gasteiger partial charge on any atom is 0.134 e. The number of hydrogen-bond acceptors (Lipinski definition) is 4. The molecule has 0 amide bonds. The highest BCUT2D eigenvalue weighted by molar-refractivity contribution is 5.82. The minimum atomic E-state index is 0.870. The van der Waals surface area contributed by atoms with Crippen LogP contribution in [0.5, 0.6) is 0 Å². The lowest BCUT2D eigenvalue weighted by molar-refractivity contribution is 0.101. The highest BCUT2D eigenvalue weighted by Crippen LogP contribution is 2.28. The van der Waals surface area contributed by atoms with E-state index in [0.29, 0.717) is 0 Å². The van der Waals surface area contributed by atoms with Crippen LogP contribution in [-0.2, 0) is 6.54 Å². The Labute approximate surface area is 157 Å². The normalized spacial score (nSPS) is 21.7. The summed E-state index contributed by atoms with van der Waals surface area (Å²) in [6.07, 6.45) is 2.65. The Bertz CT molecular complexity index is 737. The number of fused-ring (bicyclic) bond motifs is 1. The van der Waals surface area contributed by atoms with Gasteiger partial charge in [0.25, 0.3) is 0 Å². The average molecular weight is 356 g/mol. The Hall–Kier alpha value is -1.36. The minimum absolute atomic E-state index is 0.870. The number of likely N-dealkylation sites (N-methyl/N-ethyl adjacent to an activating group) is 1. The second-order valence-electron chi connectivity index (χ2n) is 8.47. The lowest BCUT2D eigenvalue weighted by Gasteiger charge is -2.37. The van der Waals surface area contributed by atoms with Crippen molar-refractivity contribution in [2.24, 2.45) is 5.92 Å². The zero-order valence-corrected chi connectivity index (χ0v) is 16.6. The standard InChI is InChI=1S/C22H33N3O/c1-17-4-5-21-20(14-17)18(2)22(26-21)16-24-8-6-19(7-9-24)15-25-12-10-23(3)11-13-25/h4-5,14,19H,6-13,15-16H2,1-3H3. The summed E-state index contributed by atoms with van der Waals surface area (Å²) in [5, 5.41) is 1.28. The lowest BCUT2D eigenvalue weighted by atomic mass is 9.95. The van der Waals surface area contributed by atoms with E-state index in [1.165, 1.54) is 75.2 Å². The highest BCUT2D eigenvalue weighted by Gasteiger charge is 2.24. The van der Waals surface area contributed by atoms with Crippen molar-refractivity contribution in [3.63, 3.8) is 0 Å². The van der Waals surface area contributed by atoms with Crippen molar-refractivity contribution >= 4 is 11.0 Å². The molecule has 1 aromatic carbocycles. The summed E-state index contributed by atoms with van der Waals surface area (Å²) >= 11 is 0. The zero-order chi connectivity index (χ0) is 18.1. The molecule has 2 aliphatic heterocycles. The summed E-state index contributed by atoms with van der Waals surface area (Å²) in [6, 6.07) is 6.50. The minimum Gasteiger partial charge on any atom is -0.459 e. The van der Waals surface area contributed by atoms with Crippen molar-refractivity contribution in [1.29, 1.82) is 0 Å². The molecule has 2 aromatic rings. The summed E-state index contributed by atoms with van der Waals surface area (Å²) in [7, 11) is 2.23. The third-order valence-electron chi connectivity index (χ3n) is 6.38. The molecule has 1 aromatic heterocycles. The van der Waals surface area contributed by atoms with Gasteiger partial charge in [-0.05, 0) is 70.4 Å². The third-order valence-corrected chi connectivity index (χ3v) is 6.38. The van der Waals surface area contributed by atoms with E-state index in [0.717, 1.165) is 23.8 Å². The van der Waals surface area contributed by atoms with Crippen molar-refractivity contribution in [2.45, 2.75) is 33.2 Å². The summed E-state index contributed by atoms with van der Waals surface area (Å²) < 4.78 is 6.16. The van der Waals surface area contributed by atoms with Crippen molar-refractivity contribution in [3.05, 3.63) is 35.1 Å². The fourth-order valence-electron chi connectivity index (χ4n) is 4.46. The molecule has 26 heavy (non-hydrogen) atoms. The molecular formula is C22H33N3O. The quantitative estimate of drug-likeness (QED) is 0.837. The first-order chi connectivity index (χ1) is 12.6. The van der Waals surface area contributed by atoms with Crippen LogP contribution in [0.4, 0.5) is 0 Å². The summed E-state index contributed by atoms with van der Waals surface area (Å²) in [5.41, 5.74) is 3.66. The van der Waals surface area contributed by atoms with Gasteiger partial charge in [0, 0.05) is 38.1 Å². The SMILES string of the molecule is Cc1ccc2oc(CN3CCC(CN4CCN(C)CC4)CC3)c(C)c2c1. The van der Waals surface area contributed by atoms with Gasteiger partial charge in [-0.25, -0.2) is 0 Å². The first-order valence-electron chi connectivity index (χ1n) is 10.2. The van der Waals surface area contributed by atoms with E-state index in [1.807, 2.05) is 0 Å². The molecule has 2 fully saturated rings. The van der Waals surface area contributed by atoms with E-state index < -0.39 is 0 Å². The van der Waals surface area contributed by atoms with Crippen LogP contribution >= 0.6 is 0 Å². The third kappa shape index (κ3) is 3.98. The molecule has 4 nitrogen and oxygen atoms in total. The smallest absolute Gasteiger partial charge is 0.134 e. The summed E-state index contributed by atoms with van der Waals surface area (Å²) in [5.74, 6) is 2.03. The molecule has 2 aliphatic rings. The van der Waals surface area contributed by atoms with Gasteiger partial charge in [0.05, 0.1) is 6.54 Å². The first-order valence-corrected chi connectivity index (χ1v) is 10.2.